The van der Waals surface area contributed by atoms with E-state index in [4.69, 9.17) is 4.74 Å². The van der Waals surface area contributed by atoms with E-state index in [0.717, 1.165) is 12.2 Å². The molecule has 0 aromatic heterocycles. The first kappa shape index (κ1) is 10.4. The Hall–Kier alpha value is -1.76. The predicted octanol–water partition coefficient (Wildman–Crippen LogP) is 4.31. The van der Waals surface area contributed by atoms with Crippen LogP contribution in [0.25, 0.3) is 0 Å². The molecule has 1 heterocycles. The van der Waals surface area contributed by atoms with Crippen molar-refractivity contribution < 1.29 is 4.74 Å². The van der Waals surface area contributed by atoms with Gasteiger partial charge in [0.25, 0.3) is 0 Å². The lowest BCUT2D eigenvalue weighted by atomic mass is 9.89. The second-order valence-electron chi connectivity index (χ2n) is 4.69. The highest BCUT2D eigenvalue weighted by Crippen LogP contribution is 2.41. The summed E-state index contributed by atoms with van der Waals surface area (Å²) in [5, 5.41) is 0. The van der Waals surface area contributed by atoms with Crippen LogP contribution in [0.1, 0.15) is 36.5 Å². The highest BCUT2D eigenvalue weighted by atomic mass is 16.5. The third-order valence-corrected chi connectivity index (χ3v) is 3.46. The molecule has 2 aromatic carbocycles. The van der Waals surface area contributed by atoms with E-state index in [0.29, 0.717) is 5.92 Å². The van der Waals surface area contributed by atoms with Gasteiger partial charge in [-0.2, -0.15) is 0 Å². The summed E-state index contributed by atoms with van der Waals surface area (Å²) in [7, 11) is 0. The summed E-state index contributed by atoms with van der Waals surface area (Å²) in [6.07, 6.45) is 1.25. The fourth-order valence-corrected chi connectivity index (χ4v) is 2.52. The quantitative estimate of drug-likeness (QED) is 0.701. The van der Waals surface area contributed by atoms with Gasteiger partial charge in [-0.25, -0.2) is 0 Å². The Morgan fingerprint density at radius 3 is 2.47 bits per heavy atom. The Morgan fingerprint density at radius 1 is 0.941 bits per heavy atom. The van der Waals surface area contributed by atoms with E-state index in [9.17, 15) is 0 Å². The SMILES string of the molecule is C[C@H]1C[C@H](c2ccccc2)Oc2ccccc21. The van der Waals surface area contributed by atoms with Gasteiger partial charge in [-0.3, -0.25) is 0 Å². The molecule has 1 heteroatoms. The first-order chi connectivity index (χ1) is 8.34. The van der Waals surface area contributed by atoms with Crippen molar-refractivity contribution in [1.29, 1.82) is 0 Å². The van der Waals surface area contributed by atoms with Crippen LogP contribution < -0.4 is 4.74 Å². The largest absolute Gasteiger partial charge is 0.485 e. The first-order valence-corrected chi connectivity index (χ1v) is 6.15. The lowest BCUT2D eigenvalue weighted by Gasteiger charge is -2.30. The molecule has 2 atom stereocenters. The van der Waals surface area contributed by atoms with E-state index >= 15 is 0 Å². The van der Waals surface area contributed by atoms with Crippen molar-refractivity contribution in [2.75, 3.05) is 0 Å². The Morgan fingerprint density at radius 2 is 1.65 bits per heavy atom. The number of hydrogen-bond acceptors (Lipinski definition) is 1. The van der Waals surface area contributed by atoms with Gasteiger partial charge in [0.2, 0.25) is 0 Å². The van der Waals surface area contributed by atoms with E-state index in [-0.39, 0.29) is 6.10 Å². The van der Waals surface area contributed by atoms with Crippen molar-refractivity contribution in [1.82, 2.24) is 0 Å². The van der Waals surface area contributed by atoms with Crippen LogP contribution in [0.15, 0.2) is 54.6 Å². The first-order valence-electron chi connectivity index (χ1n) is 6.15. The van der Waals surface area contributed by atoms with Gasteiger partial charge in [-0.1, -0.05) is 55.5 Å². The standard InChI is InChI=1S/C16H16O/c1-12-11-16(13-7-3-2-4-8-13)17-15-10-6-5-9-14(12)15/h2-10,12,16H,11H2,1H3/t12-,16+/m0/s1. The van der Waals surface area contributed by atoms with Crippen LogP contribution in [0.5, 0.6) is 5.75 Å². The fourth-order valence-electron chi connectivity index (χ4n) is 2.52. The lowest BCUT2D eigenvalue weighted by molar-refractivity contribution is 0.164. The molecule has 0 spiro atoms. The molecule has 0 amide bonds. The number of ether oxygens (including phenoxy) is 1. The maximum absolute atomic E-state index is 6.09. The molecule has 0 unspecified atom stereocenters. The molecule has 0 bridgehead atoms. The minimum atomic E-state index is 0.195. The van der Waals surface area contributed by atoms with Crippen molar-refractivity contribution in [2.45, 2.75) is 25.4 Å². The average Bonchev–Trinajstić information content (AvgIpc) is 2.40. The monoisotopic (exact) mass is 224 g/mol. The second kappa shape index (κ2) is 4.25. The summed E-state index contributed by atoms with van der Waals surface area (Å²) in [6.45, 7) is 2.28. The smallest absolute Gasteiger partial charge is 0.124 e. The van der Waals surface area contributed by atoms with Gasteiger partial charge in [0.15, 0.2) is 0 Å². The summed E-state index contributed by atoms with van der Waals surface area (Å²) in [6, 6.07) is 18.8. The summed E-state index contributed by atoms with van der Waals surface area (Å²) >= 11 is 0. The van der Waals surface area contributed by atoms with Gasteiger partial charge in [0, 0.05) is 0 Å². The summed E-state index contributed by atoms with van der Waals surface area (Å²) in [4.78, 5) is 0. The highest BCUT2D eigenvalue weighted by Gasteiger charge is 2.25. The van der Waals surface area contributed by atoms with Gasteiger partial charge in [0.1, 0.15) is 11.9 Å². The molecule has 0 saturated heterocycles. The number of fused-ring (bicyclic) bond motifs is 1. The minimum Gasteiger partial charge on any atom is -0.485 e. The molecule has 1 aliphatic rings. The summed E-state index contributed by atoms with van der Waals surface area (Å²) < 4.78 is 6.09. The van der Waals surface area contributed by atoms with Gasteiger partial charge in [-0.15, -0.1) is 0 Å². The van der Waals surface area contributed by atoms with Crippen molar-refractivity contribution in [3.63, 3.8) is 0 Å². The van der Waals surface area contributed by atoms with E-state index in [1.165, 1.54) is 11.1 Å². The third-order valence-electron chi connectivity index (χ3n) is 3.46. The summed E-state index contributed by atoms with van der Waals surface area (Å²) in [5.74, 6) is 1.60. The van der Waals surface area contributed by atoms with Crippen molar-refractivity contribution in [3.05, 3.63) is 65.7 Å². The Kier molecular flexibility index (Phi) is 2.60. The zero-order valence-corrected chi connectivity index (χ0v) is 9.97. The maximum atomic E-state index is 6.09. The molecular formula is C16H16O. The highest BCUT2D eigenvalue weighted by molar-refractivity contribution is 5.39. The van der Waals surface area contributed by atoms with Crippen LogP contribution in [0.2, 0.25) is 0 Å². The zero-order chi connectivity index (χ0) is 11.7. The molecule has 0 N–H and O–H groups in total. The topological polar surface area (TPSA) is 9.23 Å². The lowest BCUT2D eigenvalue weighted by Crippen LogP contribution is -2.17. The molecule has 0 aliphatic carbocycles. The van der Waals surface area contributed by atoms with Crippen molar-refractivity contribution in [2.24, 2.45) is 0 Å². The van der Waals surface area contributed by atoms with Gasteiger partial charge < -0.3 is 4.74 Å². The van der Waals surface area contributed by atoms with Crippen LogP contribution in [0.4, 0.5) is 0 Å². The van der Waals surface area contributed by atoms with Crippen LogP contribution in [-0.2, 0) is 0 Å². The van der Waals surface area contributed by atoms with Crippen LogP contribution >= 0.6 is 0 Å². The Bertz CT molecular complexity index is 504. The molecule has 86 valence electrons. The molecule has 2 aromatic rings. The van der Waals surface area contributed by atoms with Gasteiger partial charge in [0.05, 0.1) is 0 Å². The van der Waals surface area contributed by atoms with Crippen LogP contribution in [0, 0.1) is 0 Å². The third kappa shape index (κ3) is 1.93. The average molecular weight is 224 g/mol. The van der Waals surface area contributed by atoms with Crippen LogP contribution in [-0.4, -0.2) is 0 Å². The normalized spacial score (nSPS) is 22.6. The summed E-state index contributed by atoms with van der Waals surface area (Å²) in [5.41, 5.74) is 2.61. The van der Waals surface area contributed by atoms with E-state index in [1.54, 1.807) is 0 Å². The second-order valence-corrected chi connectivity index (χ2v) is 4.69. The number of rotatable bonds is 1. The fraction of sp³-hybridized carbons (Fsp3) is 0.250. The maximum Gasteiger partial charge on any atom is 0.124 e. The van der Waals surface area contributed by atoms with E-state index < -0.39 is 0 Å². The Balaban J connectivity index is 1.94. The molecule has 17 heavy (non-hydrogen) atoms. The number of benzene rings is 2. The molecule has 0 saturated carbocycles. The van der Waals surface area contributed by atoms with Gasteiger partial charge >= 0.3 is 0 Å². The number of hydrogen-bond donors (Lipinski definition) is 0. The molecule has 1 nitrogen and oxygen atoms in total. The van der Waals surface area contributed by atoms with Crippen molar-refractivity contribution in [3.8, 4) is 5.75 Å². The van der Waals surface area contributed by atoms with E-state index in [1.807, 2.05) is 12.1 Å². The molecule has 1 aliphatic heterocycles. The zero-order valence-electron chi connectivity index (χ0n) is 9.97. The minimum absolute atomic E-state index is 0.195. The van der Waals surface area contributed by atoms with E-state index in [2.05, 4.69) is 49.4 Å². The predicted molar refractivity (Wildman–Crippen MR) is 69.3 cm³/mol. The number of para-hydroxylation sites is 1. The molecule has 3 rings (SSSR count). The molecular weight excluding hydrogens is 208 g/mol. The molecule has 0 fully saturated rings. The Labute approximate surface area is 102 Å². The van der Waals surface area contributed by atoms with Gasteiger partial charge in [-0.05, 0) is 29.5 Å². The van der Waals surface area contributed by atoms with Crippen LogP contribution in [0.3, 0.4) is 0 Å². The van der Waals surface area contributed by atoms with Crippen molar-refractivity contribution >= 4 is 0 Å². The molecule has 0 radical (unpaired) electrons.